The van der Waals surface area contributed by atoms with Crippen molar-refractivity contribution < 1.29 is 18.8 Å². The first-order valence-electron chi connectivity index (χ1n) is 12.7. The Balaban J connectivity index is 1.73. The van der Waals surface area contributed by atoms with Gasteiger partial charge in [-0.3, -0.25) is 9.28 Å². The summed E-state index contributed by atoms with van der Waals surface area (Å²) in [7, 11) is 2.15. The predicted octanol–water partition coefficient (Wildman–Crippen LogP) is 6.37. The zero-order chi connectivity index (χ0) is 23.1. The predicted molar refractivity (Wildman–Crippen MR) is 132 cm³/mol. The van der Waals surface area contributed by atoms with Gasteiger partial charge in [-0.2, -0.15) is 4.37 Å². The van der Waals surface area contributed by atoms with Crippen molar-refractivity contribution in [3.8, 4) is 5.88 Å². The summed E-state index contributed by atoms with van der Waals surface area (Å²) in [6.07, 6.45) is 16.9. The molecule has 0 aromatic carbocycles. The van der Waals surface area contributed by atoms with E-state index < -0.39 is 0 Å². The number of unbranched alkanes of at least 4 members (excludes halogenated alkanes) is 9. The Kier molecular flexibility index (Phi) is 12.9. The van der Waals surface area contributed by atoms with E-state index >= 15 is 0 Å². The number of hydrogen-bond donors (Lipinski definition) is 0. The molecule has 1 aromatic rings. The van der Waals surface area contributed by atoms with Gasteiger partial charge >= 0.3 is 5.97 Å². The summed E-state index contributed by atoms with van der Waals surface area (Å²) < 4.78 is 21.2. The highest BCUT2D eigenvalue weighted by Crippen LogP contribution is 2.30. The van der Waals surface area contributed by atoms with E-state index in [1.165, 1.54) is 63.1 Å². The van der Waals surface area contributed by atoms with Gasteiger partial charge in [-0.15, -0.1) is 4.37 Å². The van der Waals surface area contributed by atoms with Crippen LogP contribution >= 0.6 is 11.7 Å². The van der Waals surface area contributed by atoms with Crippen LogP contribution in [0.25, 0.3) is 5.57 Å². The van der Waals surface area contributed by atoms with Gasteiger partial charge in [-0.1, -0.05) is 77.7 Å². The minimum absolute atomic E-state index is 0.0690. The maximum absolute atomic E-state index is 12.2. The fraction of sp³-hybridized carbons (Fsp3) is 0.800. The molecule has 1 unspecified atom stereocenters. The fourth-order valence-corrected chi connectivity index (χ4v) is 4.61. The van der Waals surface area contributed by atoms with E-state index in [1.807, 2.05) is 0 Å². The third kappa shape index (κ3) is 9.99. The van der Waals surface area contributed by atoms with Crippen molar-refractivity contribution >= 4 is 23.3 Å². The Morgan fingerprint density at radius 2 is 1.69 bits per heavy atom. The molecule has 6 nitrogen and oxygen atoms in total. The van der Waals surface area contributed by atoms with Crippen molar-refractivity contribution in [1.82, 2.24) is 8.75 Å². The largest absolute Gasteiger partial charge is 0.475 e. The van der Waals surface area contributed by atoms with Crippen molar-refractivity contribution in [3.63, 3.8) is 0 Å². The number of esters is 1. The van der Waals surface area contributed by atoms with E-state index in [9.17, 15) is 4.79 Å². The van der Waals surface area contributed by atoms with Crippen LogP contribution in [0.15, 0.2) is 6.08 Å². The highest BCUT2D eigenvalue weighted by atomic mass is 32.1. The van der Waals surface area contributed by atoms with E-state index in [4.69, 9.17) is 9.47 Å². The topological polar surface area (TPSA) is 61.3 Å². The first kappa shape index (κ1) is 26.8. The van der Waals surface area contributed by atoms with Crippen molar-refractivity contribution in [2.45, 2.75) is 97.3 Å². The van der Waals surface area contributed by atoms with Gasteiger partial charge in [0.2, 0.25) is 6.73 Å². The fourth-order valence-electron chi connectivity index (χ4n) is 4.08. The Hall–Kier alpha value is -1.47. The van der Waals surface area contributed by atoms with Crippen LogP contribution in [-0.4, -0.2) is 52.7 Å². The number of quaternary nitrogens is 1. The Morgan fingerprint density at radius 1 is 1.00 bits per heavy atom. The number of carbonyl (C=O) groups is 1. The summed E-state index contributed by atoms with van der Waals surface area (Å²) >= 11 is 1.21. The molecule has 7 heteroatoms. The molecule has 0 bridgehead atoms. The van der Waals surface area contributed by atoms with Gasteiger partial charge in [0.15, 0.2) is 0 Å². The van der Waals surface area contributed by atoms with Crippen LogP contribution in [0, 0.1) is 0 Å². The van der Waals surface area contributed by atoms with Gasteiger partial charge in [0, 0.05) is 18.4 Å². The number of hydrogen-bond acceptors (Lipinski definition) is 6. The van der Waals surface area contributed by atoms with Gasteiger partial charge in [0.1, 0.15) is 12.2 Å². The molecule has 1 aliphatic heterocycles. The van der Waals surface area contributed by atoms with Crippen LogP contribution in [0.2, 0.25) is 0 Å². The molecule has 0 aliphatic carbocycles. The summed E-state index contributed by atoms with van der Waals surface area (Å²) in [5.74, 6) is 0.586. The molecule has 1 aliphatic rings. The van der Waals surface area contributed by atoms with Gasteiger partial charge in [-0.25, -0.2) is 0 Å². The van der Waals surface area contributed by atoms with Crippen molar-refractivity contribution in [2.24, 2.45) is 0 Å². The molecule has 0 radical (unpaired) electrons. The molecule has 1 aromatic heterocycles. The third-order valence-corrected chi connectivity index (χ3v) is 6.64. The molecule has 2 heterocycles. The lowest BCUT2D eigenvalue weighted by atomic mass is 10.1. The normalized spacial score (nSPS) is 18.4. The molecule has 0 fully saturated rings. The van der Waals surface area contributed by atoms with Crippen molar-refractivity contribution in [3.05, 3.63) is 11.8 Å². The molecule has 0 amide bonds. The number of rotatable bonds is 17. The Labute approximate surface area is 199 Å². The molecule has 2 rings (SSSR count). The lowest BCUT2D eigenvalue weighted by molar-refractivity contribution is -0.919. The van der Waals surface area contributed by atoms with Gasteiger partial charge < -0.3 is 9.47 Å². The van der Waals surface area contributed by atoms with Crippen molar-refractivity contribution in [1.29, 1.82) is 0 Å². The lowest BCUT2D eigenvalue weighted by Gasteiger charge is -2.36. The summed E-state index contributed by atoms with van der Waals surface area (Å²) in [5, 5.41) is 0. The van der Waals surface area contributed by atoms with Crippen LogP contribution in [0.4, 0.5) is 0 Å². The zero-order valence-electron chi connectivity index (χ0n) is 20.6. The molecular weight excluding hydrogens is 422 g/mol. The SMILES string of the molecule is CCCCCCCCCC(=O)OC[N+]1(C)CCC=C(c2nsnc2OCCCCCC)C1. The zero-order valence-corrected chi connectivity index (χ0v) is 21.4. The second-order valence-electron chi connectivity index (χ2n) is 9.36. The molecule has 0 saturated heterocycles. The van der Waals surface area contributed by atoms with Crippen LogP contribution in [-0.2, 0) is 9.53 Å². The van der Waals surface area contributed by atoms with Gasteiger partial charge in [-0.05, 0) is 12.8 Å². The average molecular weight is 467 g/mol. The number of likely N-dealkylation sites (N-methyl/N-ethyl adjacent to an activating group) is 1. The molecule has 1 atom stereocenters. The van der Waals surface area contributed by atoms with E-state index in [1.54, 1.807) is 0 Å². The van der Waals surface area contributed by atoms with Crippen LogP contribution in [0.5, 0.6) is 5.88 Å². The Bertz CT molecular complexity index is 692. The molecule has 0 N–H and O–H groups in total. The molecule has 0 spiro atoms. The van der Waals surface area contributed by atoms with Crippen LogP contribution < -0.4 is 4.74 Å². The first-order chi connectivity index (χ1) is 15.6. The maximum atomic E-state index is 12.2. The minimum atomic E-state index is -0.0690. The smallest absolute Gasteiger partial charge is 0.310 e. The maximum Gasteiger partial charge on any atom is 0.310 e. The summed E-state index contributed by atoms with van der Waals surface area (Å²) in [6.45, 7) is 7.28. The highest BCUT2D eigenvalue weighted by molar-refractivity contribution is 6.99. The van der Waals surface area contributed by atoms with Gasteiger partial charge in [0.05, 0.1) is 31.9 Å². The standard InChI is InChI=1S/C25H44N3O3S/c1-4-6-8-10-11-12-13-17-23(29)31-21-28(3)18-15-16-22(20-28)24-25(27-32-26-24)30-19-14-9-7-5-2/h16H,4-15,17-21H2,1-3H3/q+1. The van der Waals surface area contributed by atoms with Crippen LogP contribution in [0.1, 0.15) is 103 Å². The van der Waals surface area contributed by atoms with Crippen LogP contribution in [0.3, 0.4) is 0 Å². The summed E-state index contributed by atoms with van der Waals surface area (Å²) in [4.78, 5) is 12.2. The van der Waals surface area contributed by atoms with Crippen molar-refractivity contribution in [2.75, 3.05) is 33.5 Å². The second-order valence-corrected chi connectivity index (χ2v) is 9.89. The molecule has 182 valence electrons. The van der Waals surface area contributed by atoms with Gasteiger partial charge in [0.25, 0.3) is 5.88 Å². The quantitative estimate of drug-likeness (QED) is 0.152. The van der Waals surface area contributed by atoms with E-state index in [-0.39, 0.29) is 5.97 Å². The minimum Gasteiger partial charge on any atom is -0.475 e. The number of carbonyl (C=O) groups excluding carboxylic acids is 1. The number of ether oxygens (including phenoxy) is 2. The summed E-state index contributed by atoms with van der Waals surface area (Å²) in [5.41, 5.74) is 2.02. The molecule has 32 heavy (non-hydrogen) atoms. The second kappa shape index (κ2) is 15.4. The van der Waals surface area contributed by atoms with E-state index in [0.29, 0.717) is 30.1 Å². The molecule has 0 saturated carbocycles. The monoisotopic (exact) mass is 466 g/mol. The highest BCUT2D eigenvalue weighted by Gasteiger charge is 2.31. The number of nitrogens with zero attached hydrogens (tertiary/aromatic N) is 3. The first-order valence-corrected chi connectivity index (χ1v) is 13.4. The Morgan fingerprint density at radius 3 is 2.44 bits per heavy atom. The third-order valence-electron chi connectivity index (χ3n) is 6.13. The van der Waals surface area contributed by atoms with E-state index in [0.717, 1.165) is 50.0 Å². The average Bonchev–Trinajstić information content (AvgIpc) is 3.26. The number of aromatic nitrogens is 2. The van der Waals surface area contributed by atoms with E-state index in [2.05, 4.69) is 35.7 Å². The molecular formula is C25H44N3O3S+. The summed E-state index contributed by atoms with van der Waals surface area (Å²) in [6, 6.07) is 0. The lowest BCUT2D eigenvalue weighted by Crippen LogP contribution is -2.49.